The number of hydrogen-bond acceptors (Lipinski definition) is 6. The first-order valence-corrected chi connectivity index (χ1v) is 7.24. The van der Waals surface area contributed by atoms with Crippen LogP contribution >= 0.6 is 11.8 Å². The van der Waals surface area contributed by atoms with Crippen LogP contribution in [0.15, 0.2) is 4.52 Å². The van der Waals surface area contributed by atoms with Crippen molar-refractivity contribution in [2.24, 2.45) is 0 Å². The molecule has 0 spiro atoms. The summed E-state index contributed by atoms with van der Waals surface area (Å²) in [5.41, 5.74) is 0. The van der Waals surface area contributed by atoms with Crippen molar-refractivity contribution in [3.8, 4) is 0 Å². The molecular formula is C12H20N2O3S. The van der Waals surface area contributed by atoms with Gasteiger partial charge >= 0.3 is 5.97 Å². The van der Waals surface area contributed by atoms with E-state index in [1.165, 1.54) is 0 Å². The van der Waals surface area contributed by atoms with Crippen LogP contribution in [0, 0.1) is 0 Å². The van der Waals surface area contributed by atoms with Crippen LogP contribution in [0.2, 0.25) is 0 Å². The van der Waals surface area contributed by atoms with Crippen LogP contribution in [0.3, 0.4) is 0 Å². The molecule has 2 atom stereocenters. The third-order valence-electron chi connectivity index (χ3n) is 2.57. The predicted molar refractivity (Wildman–Crippen MR) is 70.4 cm³/mol. The summed E-state index contributed by atoms with van der Waals surface area (Å²) in [7, 11) is 0. The van der Waals surface area contributed by atoms with E-state index in [0.29, 0.717) is 29.3 Å². The second kappa shape index (κ2) is 7.41. The maximum absolute atomic E-state index is 11.5. The van der Waals surface area contributed by atoms with Crippen LogP contribution in [0.5, 0.6) is 0 Å². The number of esters is 1. The van der Waals surface area contributed by atoms with E-state index < -0.39 is 5.92 Å². The lowest BCUT2D eigenvalue weighted by molar-refractivity contribution is -0.145. The van der Waals surface area contributed by atoms with Crippen molar-refractivity contribution in [2.45, 2.75) is 51.0 Å². The van der Waals surface area contributed by atoms with Gasteiger partial charge in [0, 0.05) is 5.25 Å². The van der Waals surface area contributed by atoms with Gasteiger partial charge in [-0.3, -0.25) is 4.79 Å². The molecule has 0 aliphatic rings. The Balaban J connectivity index is 2.54. The first-order chi connectivity index (χ1) is 8.58. The van der Waals surface area contributed by atoms with Crippen LogP contribution in [-0.2, 0) is 15.3 Å². The van der Waals surface area contributed by atoms with Crippen LogP contribution in [-0.4, -0.2) is 28.0 Å². The van der Waals surface area contributed by atoms with E-state index in [2.05, 4.69) is 24.0 Å². The molecule has 1 aromatic heterocycles. The largest absolute Gasteiger partial charge is 0.465 e. The van der Waals surface area contributed by atoms with Gasteiger partial charge < -0.3 is 9.26 Å². The van der Waals surface area contributed by atoms with Gasteiger partial charge in [0.1, 0.15) is 5.92 Å². The number of aromatic nitrogens is 2. The van der Waals surface area contributed by atoms with E-state index in [-0.39, 0.29) is 5.97 Å². The number of hydrogen-bond donors (Lipinski definition) is 0. The summed E-state index contributed by atoms with van der Waals surface area (Å²) in [6.45, 7) is 8.13. The van der Waals surface area contributed by atoms with E-state index in [1.807, 2.05) is 0 Å². The average Bonchev–Trinajstić information content (AvgIpc) is 2.84. The van der Waals surface area contributed by atoms with Crippen molar-refractivity contribution in [1.29, 1.82) is 0 Å². The van der Waals surface area contributed by atoms with Crippen molar-refractivity contribution >= 4 is 17.7 Å². The molecule has 18 heavy (non-hydrogen) atoms. The van der Waals surface area contributed by atoms with Crippen molar-refractivity contribution in [2.75, 3.05) is 6.61 Å². The molecule has 0 aliphatic heterocycles. The Bertz CT molecular complexity index is 381. The molecule has 1 rings (SSSR count). The zero-order valence-electron chi connectivity index (χ0n) is 11.3. The van der Waals surface area contributed by atoms with Crippen molar-refractivity contribution in [3.63, 3.8) is 0 Å². The van der Waals surface area contributed by atoms with Gasteiger partial charge in [-0.1, -0.05) is 19.0 Å². The minimum Gasteiger partial charge on any atom is -0.465 e. The first kappa shape index (κ1) is 15.0. The van der Waals surface area contributed by atoms with Gasteiger partial charge in [0.15, 0.2) is 5.82 Å². The van der Waals surface area contributed by atoms with Gasteiger partial charge in [-0.05, 0) is 20.3 Å². The highest BCUT2D eigenvalue weighted by Gasteiger charge is 2.23. The molecule has 5 nitrogen and oxygen atoms in total. The van der Waals surface area contributed by atoms with E-state index >= 15 is 0 Å². The standard InChI is InChI=1S/C12H20N2O3S/c1-5-8(3)18-7-10-13-11(17-14-10)9(4)12(15)16-6-2/h8-9H,5-7H2,1-4H3. The summed E-state index contributed by atoms with van der Waals surface area (Å²) < 4.78 is 10.00. The normalized spacial score (nSPS) is 14.2. The number of ether oxygens (including phenoxy) is 1. The Morgan fingerprint density at radius 3 is 2.78 bits per heavy atom. The minimum atomic E-state index is -0.500. The second-order valence-electron chi connectivity index (χ2n) is 4.05. The third kappa shape index (κ3) is 4.33. The Hall–Kier alpha value is -1.04. The predicted octanol–water partition coefficient (Wildman–Crippen LogP) is 2.77. The molecule has 1 heterocycles. The minimum absolute atomic E-state index is 0.327. The monoisotopic (exact) mass is 272 g/mol. The summed E-state index contributed by atoms with van der Waals surface area (Å²) in [4.78, 5) is 15.7. The lowest BCUT2D eigenvalue weighted by Gasteiger charge is -2.05. The van der Waals surface area contributed by atoms with Crippen LogP contribution in [0.1, 0.15) is 51.7 Å². The van der Waals surface area contributed by atoms with Gasteiger partial charge in [0.25, 0.3) is 0 Å². The summed E-state index contributed by atoms with van der Waals surface area (Å²) in [6.07, 6.45) is 1.11. The maximum atomic E-state index is 11.5. The van der Waals surface area contributed by atoms with Gasteiger partial charge in [-0.25, -0.2) is 0 Å². The van der Waals surface area contributed by atoms with Gasteiger partial charge in [0.05, 0.1) is 12.4 Å². The number of rotatable bonds is 7. The first-order valence-electron chi connectivity index (χ1n) is 6.19. The highest BCUT2D eigenvalue weighted by Crippen LogP contribution is 2.20. The van der Waals surface area contributed by atoms with E-state index in [0.717, 1.165) is 6.42 Å². The summed E-state index contributed by atoms with van der Waals surface area (Å²) in [5.74, 6) is 0.829. The highest BCUT2D eigenvalue weighted by atomic mass is 32.2. The molecule has 0 aliphatic carbocycles. The van der Waals surface area contributed by atoms with E-state index in [9.17, 15) is 4.79 Å². The van der Waals surface area contributed by atoms with Gasteiger partial charge in [0.2, 0.25) is 5.89 Å². The molecule has 0 amide bonds. The molecule has 0 fully saturated rings. The molecule has 2 unspecified atom stereocenters. The second-order valence-corrected chi connectivity index (χ2v) is 5.48. The SMILES string of the molecule is CCOC(=O)C(C)c1nc(CSC(C)CC)no1. The average molecular weight is 272 g/mol. The number of carbonyl (C=O) groups excluding carboxylic acids is 1. The highest BCUT2D eigenvalue weighted by molar-refractivity contribution is 7.99. The molecule has 102 valence electrons. The Kier molecular flexibility index (Phi) is 6.18. The quantitative estimate of drug-likeness (QED) is 0.711. The summed E-state index contributed by atoms with van der Waals surface area (Å²) in [5, 5.41) is 4.44. The maximum Gasteiger partial charge on any atom is 0.318 e. The topological polar surface area (TPSA) is 65.2 Å². The smallest absolute Gasteiger partial charge is 0.318 e. The zero-order valence-corrected chi connectivity index (χ0v) is 12.1. The van der Waals surface area contributed by atoms with E-state index in [1.54, 1.807) is 25.6 Å². The van der Waals surface area contributed by atoms with Gasteiger partial charge in [-0.2, -0.15) is 16.7 Å². The molecule has 1 aromatic rings. The van der Waals surface area contributed by atoms with Crippen LogP contribution in [0.25, 0.3) is 0 Å². The Labute approximate surface area is 112 Å². The fourth-order valence-corrected chi connectivity index (χ4v) is 1.99. The van der Waals surface area contributed by atoms with Crippen LogP contribution < -0.4 is 0 Å². The lowest BCUT2D eigenvalue weighted by atomic mass is 10.2. The molecule has 0 N–H and O–H groups in total. The lowest BCUT2D eigenvalue weighted by Crippen LogP contribution is -2.13. The fraction of sp³-hybridized carbons (Fsp3) is 0.750. The number of nitrogens with zero attached hydrogens (tertiary/aromatic N) is 2. The van der Waals surface area contributed by atoms with Crippen molar-refractivity contribution < 1.29 is 14.1 Å². The molecule has 6 heteroatoms. The van der Waals surface area contributed by atoms with Crippen molar-refractivity contribution in [1.82, 2.24) is 10.1 Å². The molecule has 0 bridgehead atoms. The summed E-state index contributed by atoms with van der Waals surface area (Å²) >= 11 is 1.77. The fourth-order valence-electron chi connectivity index (χ4n) is 1.20. The van der Waals surface area contributed by atoms with Crippen LogP contribution in [0.4, 0.5) is 0 Å². The Morgan fingerprint density at radius 1 is 1.44 bits per heavy atom. The van der Waals surface area contributed by atoms with E-state index in [4.69, 9.17) is 9.26 Å². The Morgan fingerprint density at radius 2 is 2.17 bits per heavy atom. The molecular weight excluding hydrogens is 252 g/mol. The number of carbonyl (C=O) groups is 1. The molecule has 0 radical (unpaired) electrons. The zero-order chi connectivity index (χ0) is 13.5. The van der Waals surface area contributed by atoms with Crippen molar-refractivity contribution in [3.05, 3.63) is 11.7 Å². The third-order valence-corrected chi connectivity index (χ3v) is 3.89. The number of thioether (sulfide) groups is 1. The molecule has 0 saturated heterocycles. The van der Waals surface area contributed by atoms with Gasteiger partial charge in [-0.15, -0.1) is 0 Å². The summed E-state index contributed by atoms with van der Waals surface area (Å²) in [6, 6.07) is 0. The molecule has 0 saturated carbocycles. The molecule has 0 aromatic carbocycles.